The molecular formula is C17H25NO2S. The molecule has 3 nitrogen and oxygen atoms in total. The molecule has 4 heteroatoms. The van der Waals surface area contributed by atoms with Crippen molar-refractivity contribution in [2.45, 2.75) is 49.9 Å². The number of thioether (sulfide) groups is 1. The second-order valence-corrected chi connectivity index (χ2v) is 7.42. The van der Waals surface area contributed by atoms with Crippen LogP contribution in [0.3, 0.4) is 0 Å². The van der Waals surface area contributed by atoms with Crippen LogP contribution in [0.25, 0.3) is 0 Å². The second kappa shape index (κ2) is 6.93. The standard InChI is InChI=1S/C17H25NO2S/c1-3-21-14-6-4-12(10-14)18-16-8-9-20-17-7-5-13(19-2)11-15(16)17/h5,7,11-12,14,16,18H,3-4,6,8-10H2,1-2H3. The molecule has 0 aromatic heterocycles. The highest BCUT2D eigenvalue weighted by atomic mass is 32.2. The largest absolute Gasteiger partial charge is 0.497 e. The third-order valence-corrected chi connectivity index (χ3v) is 5.71. The minimum atomic E-state index is 0.402. The first kappa shape index (κ1) is 15.0. The van der Waals surface area contributed by atoms with Crippen molar-refractivity contribution in [2.24, 2.45) is 0 Å². The van der Waals surface area contributed by atoms with Crippen LogP contribution in [0.5, 0.6) is 11.5 Å². The van der Waals surface area contributed by atoms with E-state index in [-0.39, 0.29) is 0 Å². The lowest BCUT2D eigenvalue weighted by molar-refractivity contribution is 0.243. The van der Waals surface area contributed by atoms with Gasteiger partial charge in [-0.15, -0.1) is 0 Å². The van der Waals surface area contributed by atoms with Gasteiger partial charge in [-0.25, -0.2) is 0 Å². The summed E-state index contributed by atoms with van der Waals surface area (Å²) in [5.74, 6) is 3.16. The Morgan fingerprint density at radius 2 is 2.24 bits per heavy atom. The Bertz CT molecular complexity index is 480. The van der Waals surface area contributed by atoms with Crippen molar-refractivity contribution in [1.29, 1.82) is 0 Å². The maximum Gasteiger partial charge on any atom is 0.124 e. The molecule has 3 atom stereocenters. The van der Waals surface area contributed by atoms with E-state index in [0.29, 0.717) is 12.1 Å². The molecule has 116 valence electrons. The van der Waals surface area contributed by atoms with Gasteiger partial charge in [-0.2, -0.15) is 11.8 Å². The summed E-state index contributed by atoms with van der Waals surface area (Å²) < 4.78 is 11.1. The van der Waals surface area contributed by atoms with Crippen molar-refractivity contribution in [2.75, 3.05) is 19.5 Å². The van der Waals surface area contributed by atoms with Crippen molar-refractivity contribution < 1.29 is 9.47 Å². The molecule has 0 saturated heterocycles. The third-order valence-electron chi connectivity index (χ3n) is 4.48. The number of ether oxygens (including phenoxy) is 2. The molecule has 1 aliphatic heterocycles. The molecule has 2 aliphatic rings. The molecule has 1 N–H and O–H groups in total. The van der Waals surface area contributed by atoms with Crippen LogP contribution >= 0.6 is 11.8 Å². The van der Waals surface area contributed by atoms with Gasteiger partial charge in [0.15, 0.2) is 0 Å². The molecule has 0 radical (unpaired) electrons. The van der Waals surface area contributed by atoms with E-state index in [2.05, 4.69) is 30.1 Å². The zero-order valence-corrected chi connectivity index (χ0v) is 13.7. The summed E-state index contributed by atoms with van der Waals surface area (Å²) in [5.41, 5.74) is 1.26. The Balaban J connectivity index is 1.68. The van der Waals surface area contributed by atoms with E-state index in [1.54, 1.807) is 7.11 Å². The van der Waals surface area contributed by atoms with Crippen LogP contribution in [0.15, 0.2) is 18.2 Å². The van der Waals surface area contributed by atoms with Crippen LogP contribution in [-0.2, 0) is 0 Å². The molecule has 1 fully saturated rings. The molecule has 1 heterocycles. The fourth-order valence-corrected chi connectivity index (χ4v) is 4.58. The van der Waals surface area contributed by atoms with Gasteiger partial charge in [-0.05, 0) is 43.2 Å². The fourth-order valence-electron chi connectivity index (χ4n) is 3.44. The monoisotopic (exact) mass is 307 g/mol. The number of hydrogen-bond acceptors (Lipinski definition) is 4. The van der Waals surface area contributed by atoms with Crippen molar-refractivity contribution >= 4 is 11.8 Å². The molecule has 21 heavy (non-hydrogen) atoms. The maximum atomic E-state index is 5.78. The summed E-state index contributed by atoms with van der Waals surface area (Å²) in [4.78, 5) is 0. The van der Waals surface area contributed by atoms with Gasteiger partial charge in [-0.3, -0.25) is 0 Å². The van der Waals surface area contributed by atoms with Gasteiger partial charge in [0.2, 0.25) is 0 Å². The Kier molecular flexibility index (Phi) is 4.96. The first-order valence-electron chi connectivity index (χ1n) is 7.98. The van der Waals surface area contributed by atoms with Gasteiger partial charge in [0, 0.05) is 29.3 Å². The third kappa shape index (κ3) is 3.49. The summed E-state index contributed by atoms with van der Waals surface area (Å²) in [6.07, 6.45) is 5.00. The molecule has 1 aliphatic carbocycles. The van der Waals surface area contributed by atoms with Gasteiger partial charge in [0.25, 0.3) is 0 Å². The summed E-state index contributed by atoms with van der Waals surface area (Å²) in [7, 11) is 1.72. The SMILES string of the molecule is CCSC1CCC(NC2CCOc3ccc(OC)cc32)C1. The Morgan fingerprint density at radius 1 is 1.33 bits per heavy atom. The summed E-state index contributed by atoms with van der Waals surface area (Å²) in [5, 5.41) is 4.71. The number of nitrogens with one attached hydrogen (secondary N) is 1. The molecule has 0 bridgehead atoms. The first-order valence-corrected chi connectivity index (χ1v) is 9.03. The van der Waals surface area contributed by atoms with Crippen LogP contribution in [0.2, 0.25) is 0 Å². The predicted molar refractivity (Wildman–Crippen MR) is 88.5 cm³/mol. The summed E-state index contributed by atoms with van der Waals surface area (Å²) in [6.45, 7) is 3.06. The number of fused-ring (bicyclic) bond motifs is 1. The molecule has 1 aromatic rings. The van der Waals surface area contributed by atoms with E-state index in [0.717, 1.165) is 29.8 Å². The quantitative estimate of drug-likeness (QED) is 0.897. The van der Waals surface area contributed by atoms with Gasteiger partial charge in [0.1, 0.15) is 11.5 Å². The number of rotatable bonds is 5. The first-order chi connectivity index (χ1) is 10.3. The summed E-state index contributed by atoms with van der Waals surface area (Å²) in [6, 6.07) is 7.19. The predicted octanol–water partition coefficient (Wildman–Crippen LogP) is 3.78. The van der Waals surface area contributed by atoms with E-state index in [4.69, 9.17) is 9.47 Å². The minimum Gasteiger partial charge on any atom is -0.497 e. The van der Waals surface area contributed by atoms with E-state index >= 15 is 0 Å². The zero-order valence-electron chi connectivity index (χ0n) is 12.9. The molecular weight excluding hydrogens is 282 g/mol. The maximum absolute atomic E-state index is 5.78. The lowest BCUT2D eigenvalue weighted by atomic mass is 9.99. The zero-order chi connectivity index (χ0) is 14.7. The van der Waals surface area contributed by atoms with E-state index in [9.17, 15) is 0 Å². The summed E-state index contributed by atoms with van der Waals surface area (Å²) >= 11 is 2.11. The van der Waals surface area contributed by atoms with Gasteiger partial charge in [-0.1, -0.05) is 6.92 Å². The molecule has 3 rings (SSSR count). The van der Waals surface area contributed by atoms with Crippen LogP contribution in [0.1, 0.15) is 44.2 Å². The normalized spacial score (nSPS) is 28.0. The Hall–Kier alpha value is -0.870. The topological polar surface area (TPSA) is 30.5 Å². The average Bonchev–Trinajstić information content (AvgIpc) is 2.95. The average molecular weight is 307 g/mol. The van der Waals surface area contributed by atoms with Crippen LogP contribution in [0.4, 0.5) is 0 Å². The molecule has 1 aromatic carbocycles. The lowest BCUT2D eigenvalue weighted by Gasteiger charge is -2.29. The molecule has 0 spiro atoms. The van der Waals surface area contributed by atoms with E-state index in [1.807, 2.05) is 12.1 Å². The molecule has 1 saturated carbocycles. The number of methoxy groups -OCH3 is 1. The van der Waals surface area contributed by atoms with Gasteiger partial charge in [0.05, 0.1) is 13.7 Å². The molecule has 3 unspecified atom stereocenters. The van der Waals surface area contributed by atoms with E-state index in [1.165, 1.54) is 30.6 Å². The molecule has 0 amide bonds. The van der Waals surface area contributed by atoms with Gasteiger partial charge < -0.3 is 14.8 Å². The Morgan fingerprint density at radius 3 is 3.05 bits per heavy atom. The van der Waals surface area contributed by atoms with Crippen molar-refractivity contribution in [3.05, 3.63) is 23.8 Å². The number of hydrogen-bond donors (Lipinski definition) is 1. The van der Waals surface area contributed by atoms with E-state index < -0.39 is 0 Å². The van der Waals surface area contributed by atoms with Gasteiger partial charge >= 0.3 is 0 Å². The second-order valence-electron chi connectivity index (χ2n) is 5.85. The van der Waals surface area contributed by atoms with Crippen molar-refractivity contribution in [3.8, 4) is 11.5 Å². The highest BCUT2D eigenvalue weighted by Gasteiger charge is 2.29. The minimum absolute atomic E-state index is 0.402. The fraction of sp³-hybridized carbons (Fsp3) is 0.647. The number of benzene rings is 1. The van der Waals surface area contributed by atoms with Crippen molar-refractivity contribution in [1.82, 2.24) is 5.32 Å². The Labute approximate surface area is 131 Å². The highest BCUT2D eigenvalue weighted by molar-refractivity contribution is 7.99. The van der Waals surface area contributed by atoms with Crippen LogP contribution in [-0.4, -0.2) is 30.8 Å². The van der Waals surface area contributed by atoms with Crippen molar-refractivity contribution in [3.63, 3.8) is 0 Å². The van der Waals surface area contributed by atoms with Crippen LogP contribution in [0, 0.1) is 0 Å². The lowest BCUT2D eigenvalue weighted by Crippen LogP contribution is -2.34. The smallest absolute Gasteiger partial charge is 0.124 e. The van der Waals surface area contributed by atoms with Crippen LogP contribution < -0.4 is 14.8 Å². The highest BCUT2D eigenvalue weighted by Crippen LogP contribution is 2.37.